The lowest BCUT2D eigenvalue weighted by atomic mass is 10.1. The Morgan fingerprint density at radius 2 is 1.80 bits per heavy atom. The van der Waals surface area contributed by atoms with Gasteiger partial charge in [-0.05, 0) is 50.8 Å². The van der Waals surface area contributed by atoms with E-state index in [9.17, 15) is 13.2 Å². The number of sulfonamides is 1. The van der Waals surface area contributed by atoms with E-state index in [4.69, 9.17) is 19.8 Å². The molecule has 0 bridgehead atoms. The standard InChI is InChI=1S/C26H33N7O4S3/c1-3-37-24(34)21-17(2)28-26(39-21)31-25-29-22(32-12-14-38-15-13-32)20-6-4-5-11-33(23(20)30-25)16-18-7-9-19(10-8-18)40(27,35)36/h7-10H,3-6,11-16H2,1-2H3,(H2,27,35,36)(H,28,29,30,31). The summed E-state index contributed by atoms with van der Waals surface area (Å²) in [6.45, 7) is 7.04. The van der Waals surface area contributed by atoms with Crippen molar-refractivity contribution in [3.8, 4) is 0 Å². The number of rotatable bonds is 8. The molecule has 0 radical (unpaired) electrons. The Balaban J connectivity index is 1.51. The molecule has 0 amide bonds. The summed E-state index contributed by atoms with van der Waals surface area (Å²) in [5.41, 5.74) is 2.68. The van der Waals surface area contributed by atoms with Crippen LogP contribution in [0.15, 0.2) is 29.2 Å². The first kappa shape index (κ1) is 28.6. The zero-order chi connectivity index (χ0) is 28.3. The minimum atomic E-state index is -3.75. The van der Waals surface area contributed by atoms with Crippen LogP contribution in [0.5, 0.6) is 0 Å². The highest BCUT2D eigenvalue weighted by atomic mass is 32.2. The van der Waals surface area contributed by atoms with Crippen molar-refractivity contribution in [3.63, 3.8) is 0 Å². The summed E-state index contributed by atoms with van der Waals surface area (Å²) in [5, 5.41) is 9.07. The maximum absolute atomic E-state index is 12.3. The molecule has 14 heteroatoms. The van der Waals surface area contributed by atoms with Crippen LogP contribution in [0.1, 0.15) is 46.3 Å². The van der Waals surface area contributed by atoms with Gasteiger partial charge in [0, 0.05) is 43.2 Å². The lowest BCUT2D eigenvalue weighted by molar-refractivity contribution is 0.0531. The number of nitrogens with two attached hydrogens (primary N) is 1. The number of anilines is 4. The average Bonchev–Trinajstić information content (AvgIpc) is 3.18. The molecule has 5 rings (SSSR count). The summed E-state index contributed by atoms with van der Waals surface area (Å²) in [7, 11) is -3.75. The van der Waals surface area contributed by atoms with Crippen LogP contribution in [0.25, 0.3) is 0 Å². The van der Waals surface area contributed by atoms with Crippen molar-refractivity contribution in [2.24, 2.45) is 5.14 Å². The van der Waals surface area contributed by atoms with Gasteiger partial charge >= 0.3 is 5.97 Å². The number of nitrogens with zero attached hydrogens (tertiary/aromatic N) is 5. The SMILES string of the molecule is CCOC(=O)c1sc(Nc2nc(N3CCSCC3)c3c(n2)N(Cc2ccc(S(N)(=O)=O)cc2)CCCC3)nc1C. The molecule has 1 aromatic carbocycles. The third kappa shape index (κ3) is 6.51. The smallest absolute Gasteiger partial charge is 0.350 e. The lowest BCUT2D eigenvalue weighted by Gasteiger charge is -2.31. The summed E-state index contributed by atoms with van der Waals surface area (Å²) >= 11 is 3.17. The number of carbonyl (C=O) groups is 1. The first-order valence-electron chi connectivity index (χ1n) is 13.2. The fraction of sp³-hybridized carbons (Fsp3) is 0.462. The van der Waals surface area contributed by atoms with Crippen LogP contribution in [-0.2, 0) is 27.7 Å². The molecule has 1 saturated heterocycles. The number of thioether (sulfide) groups is 1. The molecule has 11 nitrogen and oxygen atoms in total. The molecule has 2 aliphatic rings. The fourth-order valence-corrected chi connectivity index (χ4v) is 7.11. The van der Waals surface area contributed by atoms with Gasteiger partial charge in [-0.3, -0.25) is 5.32 Å². The summed E-state index contributed by atoms with van der Waals surface area (Å²) < 4.78 is 28.6. The monoisotopic (exact) mass is 603 g/mol. The summed E-state index contributed by atoms with van der Waals surface area (Å²) in [4.78, 5) is 32.0. The molecule has 0 unspecified atom stereocenters. The second kappa shape index (κ2) is 12.3. The van der Waals surface area contributed by atoms with Gasteiger partial charge in [-0.1, -0.05) is 23.5 Å². The van der Waals surface area contributed by atoms with E-state index in [1.807, 2.05) is 11.8 Å². The molecule has 1 fully saturated rings. The minimum Gasteiger partial charge on any atom is -0.462 e. The molecule has 214 valence electrons. The fourth-order valence-electron chi connectivity index (χ4n) is 4.84. The molecule has 4 heterocycles. The van der Waals surface area contributed by atoms with Crippen molar-refractivity contribution in [2.45, 2.75) is 44.6 Å². The Hall–Kier alpha value is -2.94. The van der Waals surface area contributed by atoms with E-state index >= 15 is 0 Å². The maximum atomic E-state index is 12.3. The van der Waals surface area contributed by atoms with Crippen LogP contribution in [0, 0.1) is 6.92 Å². The van der Waals surface area contributed by atoms with Crippen molar-refractivity contribution in [2.75, 3.05) is 52.9 Å². The number of aryl methyl sites for hydroxylation is 1. The molecule has 0 saturated carbocycles. The summed E-state index contributed by atoms with van der Waals surface area (Å²) in [6, 6.07) is 6.67. The molecular formula is C26H33N7O4S3. The highest BCUT2D eigenvalue weighted by molar-refractivity contribution is 7.99. The van der Waals surface area contributed by atoms with E-state index in [2.05, 4.69) is 20.1 Å². The Morgan fingerprint density at radius 1 is 1.07 bits per heavy atom. The maximum Gasteiger partial charge on any atom is 0.350 e. The van der Waals surface area contributed by atoms with E-state index in [1.54, 1.807) is 38.1 Å². The Bertz CT molecular complexity index is 1470. The second-order valence-electron chi connectivity index (χ2n) is 9.62. The van der Waals surface area contributed by atoms with Crippen molar-refractivity contribution < 1.29 is 17.9 Å². The number of carbonyl (C=O) groups excluding carboxylic acids is 1. The Labute approximate surface area is 242 Å². The number of fused-ring (bicyclic) bond motifs is 1. The highest BCUT2D eigenvalue weighted by Gasteiger charge is 2.27. The van der Waals surface area contributed by atoms with Crippen molar-refractivity contribution in [3.05, 3.63) is 46.0 Å². The Kier molecular flexibility index (Phi) is 8.78. The molecule has 40 heavy (non-hydrogen) atoms. The molecule has 0 atom stereocenters. The molecule has 0 aliphatic carbocycles. The third-order valence-electron chi connectivity index (χ3n) is 6.78. The predicted octanol–water partition coefficient (Wildman–Crippen LogP) is 3.71. The molecule has 0 spiro atoms. The zero-order valence-corrected chi connectivity index (χ0v) is 25.0. The van der Waals surface area contributed by atoms with E-state index in [0.29, 0.717) is 34.8 Å². The largest absolute Gasteiger partial charge is 0.462 e. The molecule has 2 aromatic heterocycles. The average molecular weight is 604 g/mol. The van der Waals surface area contributed by atoms with Gasteiger partial charge in [0.15, 0.2) is 5.13 Å². The number of nitrogens with one attached hydrogen (secondary N) is 1. The number of hydrogen-bond donors (Lipinski definition) is 2. The lowest BCUT2D eigenvalue weighted by Crippen LogP contribution is -2.35. The normalized spacial score (nSPS) is 15.9. The first-order chi connectivity index (χ1) is 19.2. The molecule has 2 aliphatic heterocycles. The quantitative estimate of drug-likeness (QED) is 0.364. The number of benzene rings is 1. The van der Waals surface area contributed by atoms with Crippen LogP contribution in [0.4, 0.5) is 22.7 Å². The summed E-state index contributed by atoms with van der Waals surface area (Å²) in [5.74, 6) is 3.90. The number of esters is 1. The third-order valence-corrected chi connectivity index (χ3v) is 9.70. The molecule has 3 aromatic rings. The van der Waals surface area contributed by atoms with Gasteiger partial charge in [-0.2, -0.15) is 21.7 Å². The van der Waals surface area contributed by atoms with Gasteiger partial charge in [-0.25, -0.2) is 23.3 Å². The minimum absolute atomic E-state index is 0.0903. The number of hydrogen-bond acceptors (Lipinski definition) is 12. The van der Waals surface area contributed by atoms with E-state index in [-0.39, 0.29) is 10.9 Å². The van der Waals surface area contributed by atoms with Gasteiger partial charge in [0.2, 0.25) is 16.0 Å². The number of aromatic nitrogens is 3. The number of primary sulfonamides is 1. The zero-order valence-electron chi connectivity index (χ0n) is 22.6. The van der Waals surface area contributed by atoms with Crippen molar-refractivity contribution in [1.29, 1.82) is 0 Å². The molecule has 3 N–H and O–H groups in total. The second-order valence-corrected chi connectivity index (χ2v) is 13.4. The van der Waals surface area contributed by atoms with Crippen LogP contribution in [0.3, 0.4) is 0 Å². The topological polar surface area (TPSA) is 144 Å². The van der Waals surface area contributed by atoms with Crippen molar-refractivity contribution >= 4 is 61.8 Å². The van der Waals surface area contributed by atoms with Crippen LogP contribution in [0.2, 0.25) is 0 Å². The van der Waals surface area contributed by atoms with Gasteiger partial charge in [0.1, 0.15) is 16.5 Å². The highest BCUT2D eigenvalue weighted by Crippen LogP contribution is 2.36. The van der Waals surface area contributed by atoms with Crippen LogP contribution < -0.4 is 20.3 Å². The van der Waals surface area contributed by atoms with E-state index in [1.165, 1.54) is 11.3 Å². The first-order valence-corrected chi connectivity index (χ1v) is 16.8. The summed E-state index contributed by atoms with van der Waals surface area (Å²) in [6.07, 6.45) is 2.89. The van der Waals surface area contributed by atoms with E-state index in [0.717, 1.165) is 73.2 Å². The van der Waals surface area contributed by atoms with Gasteiger partial charge in [0.05, 0.1) is 17.2 Å². The van der Waals surface area contributed by atoms with Gasteiger partial charge < -0.3 is 14.5 Å². The van der Waals surface area contributed by atoms with Gasteiger partial charge in [-0.15, -0.1) is 0 Å². The van der Waals surface area contributed by atoms with Gasteiger partial charge in [0.25, 0.3) is 0 Å². The number of thiazole rings is 1. The van der Waals surface area contributed by atoms with Crippen LogP contribution >= 0.6 is 23.1 Å². The Morgan fingerprint density at radius 3 is 2.50 bits per heavy atom. The molecular weight excluding hydrogens is 571 g/mol. The van der Waals surface area contributed by atoms with Crippen molar-refractivity contribution in [1.82, 2.24) is 15.0 Å². The number of ether oxygens (including phenoxy) is 1. The van der Waals surface area contributed by atoms with E-state index < -0.39 is 10.0 Å². The van der Waals surface area contributed by atoms with Crippen LogP contribution in [-0.4, -0.2) is 67.1 Å². The predicted molar refractivity (Wildman–Crippen MR) is 159 cm³/mol.